The molecule has 0 aliphatic rings. The maximum absolute atomic E-state index is 4.30. The highest BCUT2D eigenvalue weighted by Crippen LogP contribution is 2.20. The summed E-state index contributed by atoms with van der Waals surface area (Å²) < 4.78 is 0. The molecule has 0 bridgehead atoms. The summed E-state index contributed by atoms with van der Waals surface area (Å²) in [5.74, 6) is 1.30. The van der Waals surface area contributed by atoms with Crippen LogP contribution >= 0.6 is 0 Å². The molecule has 1 aromatic carbocycles. The lowest BCUT2D eigenvalue weighted by atomic mass is 10.0. The number of hydrogen-bond acceptors (Lipinski definition) is 3. The van der Waals surface area contributed by atoms with Gasteiger partial charge in [0, 0.05) is 17.8 Å². The van der Waals surface area contributed by atoms with Crippen molar-refractivity contribution >= 4 is 5.82 Å². The standard InChI is InChI=1S/C17H23N3/c1-5-14-6-8-15(9-7-14)13(4)20-17-10-16(12(2)3)18-11-19-17/h6-13H,5H2,1-4H3,(H,18,19,20). The van der Waals surface area contributed by atoms with E-state index in [-0.39, 0.29) is 6.04 Å². The Balaban J connectivity index is 2.10. The third-order valence-corrected chi connectivity index (χ3v) is 3.53. The molecule has 106 valence electrons. The highest BCUT2D eigenvalue weighted by molar-refractivity contribution is 5.39. The van der Waals surface area contributed by atoms with Gasteiger partial charge in [-0.1, -0.05) is 45.0 Å². The van der Waals surface area contributed by atoms with Gasteiger partial charge >= 0.3 is 0 Å². The monoisotopic (exact) mass is 269 g/mol. The zero-order valence-corrected chi connectivity index (χ0v) is 12.7. The van der Waals surface area contributed by atoms with E-state index >= 15 is 0 Å². The lowest BCUT2D eigenvalue weighted by Gasteiger charge is -2.16. The van der Waals surface area contributed by atoms with Crippen LogP contribution in [0, 0.1) is 0 Å². The predicted molar refractivity (Wildman–Crippen MR) is 84.0 cm³/mol. The van der Waals surface area contributed by atoms with E-state index in [9.17, 15) is 0 Å². The SMILES string of the molecule is CCc1ccc(C(C)Nc2cc(C(C)C)ncn2)cc1. The van der Waals surface area contributed by atoms with E-state index in [1.807, 2.05) is 6.07 Å². The van der Waals surface area contributed by atoms with Gasteiger partial charge in [0.2, 0.25) is 0 Å². The maximum atomic E-state index is 4.30. The van der Waals surface area contributed by atoms with Gasteiger partial charge in [-0.15, -0.1) is 0 Å². The molecular formula is C17H23N3. The van der Waals surface area contributed by atoms with Gasteiger partial charge in [-0.3, -0.25) is 0 Å². The van der Waals surface area contributed by atoms with Crippen molar-refractivity contribution in [3.63, 3.8) is 0 Å². The molecule has 0 radical (unpaired) electrons. The van der Waals surface area contributed by atoms with Crippen LogP contribution in [0.3, 0.4) is 0 Å². The number of hydrogen-bond donors (Lipinski definition) is 1. The number of rotatable bonds is 5. The van der Waals surface area contributed by atoms with Crippen LogP contribution < -0.4 is 5.32 Å². The molecule has 3 heteroatoms. The van der Waals surface area contributed by atoms with Gasteiger partial charge in [0.15, 0.2) is 0 Å². The Hall–Kier alpha value is -1.90. The fraction of sp³-hybridized carbons (Fsp3) is 0.412. The van der Waals surface area contributed by atoms with Gasteiger partial charge < -0.3 is 5.32 Å². The van der Waals surface area contributed by atoms with Gasteiger partial charge in [-0.05, 0) is 30.4 Å². The molecule has 1 unspecified atom stereocenters. The second-order valence-corrected chi connectivity index (χ2v) is 5.44. The van der Waals surface area contributed by atoms with E-state index < -0.39 is 0 Å². The summed E-state index contributed by atoms with van der Waals surface area (Å²) in [6, 6.07) is 11.0. The smallest absolute Gasteiger partial charge is 0.130 e. The van der Waals surface area contributed by atoms with Crippen LogP contribution in [0.5, 0.6) is 0 Å². The first kappa shape index (κ1) is 14.5. The summed E-state index contributed by atoms with van der Waals surface area (Å²) in [6.45, 7) is 8.60. The van der Waals surface area contributed by atoms with Crippen molar-refractivity contribution in [1.29, 1.82) is 0 Å². The van der Waals surface area contributed by atoms with Crippen LogP contribution in [-0.4, -0.2) is 9.97 Å². The minimum Gasteiger partial charge on any atom is -0.363 e. The molecule has 0 amide bonds. The minimum atomic E-state index is 0.232. The van der Waals surface area contributed by atoms with Crippen molar-refractivity contribution < 1.29 is 0 Å². The van der Waals surface area contributed by atoms with Gasteiger partial charge in [0.1, 0.15) is 12.1 Å². The quantitative estimate of drug-likeness (QED) is 0.877. The molecule has 20 heavy (non-hydrogen) atoms. The summed E-state index contributed by atoms with van der Waals surface area (Å²) >= 11 is 0. The first-order valence-electron chi connectivity index (χ1n) is 7.27. The van der Waals surface area contributed by atoms with Crippen LogP contribution in [0.1, 0.15) is 56.5 Å². The molecule has 0 spiro atoms. The molecule has 1 atom stereocenters. The first-order chi connectivity index (χ1) is 9.60. The molecule has 0 fully saturated rings. The fourth-order valence-electron chi connectivity index (χ4n) is 2.11. The Morgan fingerprint density at radius 2 is 1.75 bits per heavy atom. The molecule has 3 nitrogen and oxygen atoms in total. The molecule has 1 aromatic heterocycles. The molecule has 2 rings (SSSR count). The van der Waals surface area contributed by atoms with Crippen molar-refractivity contribution in [3.05, 3.63) is 53.5 Å². The van der Waals surface area contributed by atoms with E-state index in [1.165, 1.54) is 11.1 Å². The van der Waals surface area contributed by atoms with E-state index in [0.29, 0.717) is 5.92 Å². The van der Waals surface area contributed by atoms with Crippen LogP contribution in [0.2, 0.25) is 0 Å². The third-order valence-electron chi connectivity index (χ3n) is 3.53. The summed E-state index contributed by atoms with van der Waals surface area (Å²) in [4.78, 5) is 8.59. The molecule has 2 aromatic rings. The van der Waals surface area contributed by atoms with Crippen LogP contribution in [-0.2, 0) is 6.42 Å². The highest BCUT2D eigenvalue weighted by Gasteiger charge is 2.08. The Bertz CT molecular complexity index is 546. The molecule has 0 aliphatic heterocycles. The molecular weight excluding hydrogens is 246 g/mol. The predicted octanol–water partition coefficient (Wildman–Crippen LogP) is 4.34. The summed E-state index contributed by atoms with van der Waals surface area (Å²) in [7, 11) is 0. The maximum Gasteiger partial charge on any atom is 0.130 e. The lowest BCUT2D eigenvalue weighted by Crippen LogP contribution is -2.09. The number of aromatic nitrogens is 2. The molecule has 1 heterocycles. The number of nitrogens with zero attached hydrogens (tertiary/aromatic N) is 2. The molecule has 0 aliphatic carbocycles. The lowest BCUT2D eigenvalue weighted by molar-refractivity contribution is 0.807. The Kier molecular flexibility index (Phi) is 4.72. The van der Waals surface area contributed by atoms with Crippen molar-refractivity contribution in [2.24, 2.45) is 0 Å². The van der Waals surface area contributed by atoms with Crippen LogP contribution in [0.4, 0.5) is 5.82 Å². The molecule has 1 N–H and O–H groups in total. The van der Waals surface area contributed by atoms with Gasteiger partial charge in [-0.2, -0.15) is 0 Å². The normalized spacial score (nSPS) is 12.4. The fourth-order valence-corrected chi connectivity index (χ4v) is 2.11. The zero-order valence-electron chi connectivity index (χ0n) is 12.7. The summed E-state index contributed by atoms with van der Waals surface area (Å²) in [5, 5.41) is 3.44. The summed E-state index contributed by atoms with van der Waals surface area (Å²) in [5.41, 5.74) is 3.70. The highest BCUT2D eigenvalue weighted by atomic mass is 15.0. The zero-order chi connectivity index (χ0) is 14.5. The summed E-state index contributed by atoms with van der Waals surface area (Å²) in [6.07, 6.45) is 2.70. The number of benzene rings is 1. The number of nitrogens with one attached hydrogen (secondary N) is 1. The first-order valence-corrected chi connectivity index (χ1v) is 7.27. The van der Waals surface area contributed by atoms with Crippen LogP contribution in [0.25, 0.3) is 0 Å². The van der Waals surface area contributed by atoms with Crippen molar-refractivity contribution in [3.8, 4) is 0 Å². The Labute approximate surface area is 121 Å². The Morgan fingerprint density at radius 3 is 2.35 bits per heavy atom. The number of aryl methyl sites for hydroxylation is 1. The van der Waals surface area contributed by atoms with Gasteiger partial charge in [0.25, 0.3) is 0 Å². The second kappa shape index (κ2) is 6.51. The van der Waals surface area contributed by atoms with Crippen molar-refractivity contribution in [2.75, 3.05) is 5.32 Å². The van der Waals surface area contributed by atoms with E-state index in [2.05, 4.69) is 67.2 Å². The molecule has 0 saturated heterocycles. The van der Waals surface area contributed by atoms with Crippen molar-refractivity contribution in [1.82, 2.24) is 9.97 Å². The van der Waals surface area contributed by atoms with Crippen molar-refractivity contribution in [2.45, 2.75) is 46.1 Å². The van der Waals surface area contributed by atoms with Gasteiger partial charge in [-0.25, -0.2) is 9.97 Å². The van der Waals surface area contributed by atoms with Gasteiger partial charge in [0.05, 0.1) is 0 Å². The Morgan fingerprint density at radius 1 is 1.05 bits per heavy atom. The second-order valence-electron chi connectivity index (χ2n) is 5.44. The third kappa shape index (κ3) is 3.56. The average Bonchev–Trinajstić information content (AvgIpc) is 2.47. The topological polar surface area (TPSA) is 37.8 Å². The largest absolute Gasteiger partial charge is 0.363 e. The van der Waals surface area contributed by atoms with E-state index in [4.69, 9.17) is 0 Å². The minimum absolute atomic E-state index is 0.232. The average molecular weight is 269 g/mol. The van der Waals surface area contributed by atoms with E-state index in [0.717, 1.165) is 17.9 Å². The number of anilines is 1. The molecule has 0 saturated carbocycles. The van der Waals surface area contributed by atoms with Crippen LogP contribution in [0.15, 0.2) is 36.7 Å². The van der Waals surface area contributed by atoms with E-state index in [1.54, 1.807) is 6.33 Å².